The molecule has 0 saturated heterocycles. The van der Waals surface area contributed by atoms with Gasteiger partial charge in [-0.05, 0) is 74.2 Å². The van der Waals surface area contributed by atoms with Crippen molar-refractivity contribution in [2.24, 2.45) is 28.6 Å². The largest absolute Gasteiger partial charge is 0.459 e. The van der Waals surface area contributed by atoms with Gasteiger partial charge in [-0.1, -0.05) is 31.0 Å². The van der Waals surface area contributed by atoms with Crippen molar-refractivity contribution in [2.75, 3.05) is 0 Å². The lowest BCUT2D eigenvalue weighted by atomic mass is 9.47. The summed E-state index contributed by atoms with van der Waals surface area (Å²) in [7, 11) is 0. The Bertz CT molecular complexity index is 660. The van der Waals surface area contributed by atoms with Crippen LogP contribution in [0.3, 0.4) is 0 Å². The van der Waals surface area contributed by atoms with Crippen LogP contribution in [0, 0.1) is 28.6 Å². The zero-order valence-corrected chi connectivity index (χ0v) is 16.4. The summed E-state index contributed by atoms with van der Waals surface area (Å²) in [6.45, 7) is 4.58. The molecule has 4 aliphatic carbocycles. The predicted octanol–water partition coefficient (Wildman–Crippen LogP) is 4.96. The summed E-state index contributed by atoms with van der Waals surface area (Å²) in [5, 5.41) is 0. The number of hydrogen-bond acceptors (Lipinski definition) is 3. The summed E-state index contributed by atoms with van der Waals surface area (Å²) in [5.41, 5.74) is -0.644. The van der Waals surface area contributed by atoms with Gasteiger partial charge in [-0.3, -0.25) is 4.79 Å². The van der Waals surface area contributed by atoms with E-state index in [0.717, 1.165) is 44.9 Å². The number of fused-ring (bicyclic) bond motifs is 5. The SMILES string of the molecule is C[C@]12CC[C@H]3[C@@H](CCC4=CC(=O)CC[C@@]43C)[C@@H]1CC[C@@H]2OC(=O)C(F)Cl. The molecule has 5 heteroatoms. The molecule has 0 spiro atoms. The van der Waals surface area contributed by atoms with Gasteiger partial charge in [-0.2, -0.15) is 0 Å². The molecule has 4 aliphatic rings. The van der Waals surface area contributed by atoms with Crippen LogP contribution in [0.2, 0.25) is 0 Å². The smallest absolute Gasteiger partial charge is 0.356 e. The van der Waals surface area contributed by atoms with Gasteiger partial charge in [0.05, 0.1) is 0 Å². The number of carbonyl (C=O) groups excluding carboxylic acids is 2. The molecule has 4 rings (SSSR count). The summed E-state index contributed by atoms with van der Waals surface area (Å²) in [6.07, 6.45) is 9.37. The molecule has 0 bridgehead atoms. The minimum atomic E-state index is -2.07. The van der Waals surface area contributed by atoms with Crippen molar-refractivity contribution in [3.8, 4) is 0 Å². The van der Waals surface area contributed by atoms with Gasteiger partial charge in [0.1, 0.15) is 6.10 Å². The van der Waals surface area contributed by atoms with Crippen molar-refractivity contribution in [1.29, 1.82) is 0 Å². The number of halogens is 2. The van der Waals surface area contributed by atoms with Gasteiger partial charge >= 0.3 is 5.97 Å². The number of rotatable bonds is 2. The second kappa shape index (κ2) is 6.32. The lowest BCUT2D eigenvalue weighted by Crippen LogP contribution is -2.51. The highest BCUT2D eigenvalue weighted by atomic mass is 35.5. The molecule has 0 N–H and O–H groups in total. The van der Waals surface area contributed by atoms with Crippen LogP contribution in [-0.2, 0) is 14.3 Å². The van der Waals surface area contributed by atoms with Gasteiger partial charge in [0.15, 0.2) is 5.78 Å². The molecule has 26 heavy (non-hydrogen) atoms. The van der Waals surface area contributed by atoms with E-state index in [0.29, 0.717) is 24.2 Å². The Kier molecular flexibility index (Phi) is 4.49. The number of esters is 1. The summed E-state index contributed by atoms with van der Waals surface area (Å²) >= 11 is 5.27. The molecule has 0 aliphatic heterocycles. The highest BCUT2D eigenvalue weighted by molar-refractivity contribution is 6.28. The Morgan fingerprint density at radius 2 is 1.96 bits per heavy atom. The number of carbonyl (C=O) groups is 2. The quantitative estimate of drug-likeness (QED) is 0.500. The topological polar surface area (TPSA) is 43.4 Å². The van der Waals surface area contributed by atoms with Gasteiger partial charge in [0.2, 0.25) is 0 Å². The van der Waals surface area contributed by atoms with Crippen LogP contribution in [0.25, 0.3) is 0 Å². The molecule has 0 aromatic rings. The van der Waals surface area contributed by atoms with Crippen LogP contribution in [-0.4, -0.2) is 23.5 Å². The maximum Gasteiger partial charge on any atom is 0.356 e. The zero-order valence-electron chi connectivity index (χ0n) is 15.6. The normalized spacial score (nSPS) is 45.8. The maximum absolute atomic E-state index is 13.1. The average molecular weight is 383 g/mol. The van der Waals surface area contributed by atoms with E-state index < -0.39 is 11.6 Å². The van der Waals surface area contributed by atoms with E-state index in [2.05, 4.69) is 13.8 Å². The Balaban J connectivity index is 1.57. The Hall–Kier alpha value is -0.900. The van der Waals surface area contributed by atoms with E-state index in [4.69, 9.17) is 16.3 Å². The van der Waals surface area contributed by atoms with Gasteiger partial charge in [0.25, 0.3) is 5.63 Å². The first-order valence-electron chi connectivity index (χ1n) is 9.98. The minimum absolute atomic E-state index is 0.0787. The third-order valence-electron chi connectivity index (χ3n) is 8.31. The number of hydrogen-bond donors (Lipinski definition) is 0. The predicted molar refractivity (Wildman–Crippen MR) is 97.3 cm³/mol. The van der Waals surface area contributed by atoms with Gasteiger partial charge in [-0.15, -0.1) is 0 Å². The highest BCUT2D eigenvalue weighted by Crippen LogP contribution is 2.65. The molecule has 7 atom stereocenters. The molecular weight excluding hydrogens is 355 g/mol. The fourth-order valence-corrected chi connectivity index (χ4v) is 6.95. The van der Waals surface area contributed by atoms with E-state index >= 15 is 0 Å². The second-order valence-corrected chi connectivity index (χ2v) is 9.70. The molecule has 3 saturated carbocycles. The second-order valence-electron chi connectivity index (χ2n) is 9.32. The first kappa shape index (κ1) is 18.5. The van der Waals surface area contributed by atoms with Crippen LogP contribution >= 0.6 is 11.6 Å². The molecule has 144 valence electrons. The van der Waals surface area contributed by atoms with E-state index in [1.165, 1.54) is 5.57 Å². The molecule has 3 nitrogen and oxygen atoms in total. The maximum atomic E-state index is 13.1. The highest BCUT2D eigenvalue weighted by Gasteiger charge is 2.60. The van der Waals surface area contributed by atoms with Crippen LogP contribution in [0.15, 0.2) is 11.6 Å². The molecule has 0 amide bonds. The van der Waals surface area contributed by atoms with Crippen molar-refractivity contribution in [3.05, 3.63) is 11.6 Å². The van der Waals surface area contributed by atoms with Crippen LogP contribution in [0.4, 0.5) is 4.39 Å². The summed E-state index contributed by atoms with van der Waals surface area (Å²) in [6, 6.07) is 0. The van der Waals surface area contributed by atoms with Gasteiger partial charge < -0.3 is 4.74 Å². The first-order chi connectivity index (χ1) is 12.3. The van der Waals surface area contributed by atoms with E-state index in [9.17, 15) is 14.0 Å². The van der Waals surface area contributed by atoms with Crippen molar-refractivity contribution in [2.45, 2.75) is 76.9 Å². The fourth-order valence-electron chi connectivity index (χ4n) is 6.90. The fraction of sp³-hybridized carbons (Fsp3) is 0.810. The van der Waals surface area contributed by atoms with Crippen molar-refractivity contribution in [3.63, 3.8) is 0 Å². The molecule has 0 heterocycles. The first-order valence-corrected chi connectivity index (χ1v) is 10.4. The van der Waals surface area contributed by atoms with Crippen molar-refractivity contribution < 1.29 is 18.7 Å². The molecule has 0 radical (unpaired) electrons. The van der Waals surface area contributed by atoms with E-state index in [-0.39, 0.29) is 22.7 Å². The molecule has 0 aromatic carbocycles. The molecule has 0 aromatic heterocycles. The number of allylic oxidation sites excluding steroid dienone is 1. The minimum Gasteiger partial charge on any atom is -0.459 e. The van der Waals surface area contributed by atoms with Crippen LogP contribution in [0.1, 0.15) is 65.2 Å². The van der Waals surface area contributed by atoms with E-state index in [1.807, 2.05) is 6.08 Å². The standard InChI is InChI=1S/C21H28ClFO3/c1-20-9-7-13(24)11-12(20)3-4-14-15-5-6-17(26-19(25)18(22)23)21(15,2)10-8-16(14)20/h11,14-18H,3-10H2,1-2H3/t14-,15-,16-,17-,18?,20-,21-/m0/s1. The summed E-state index contributed by atoms with van der Waals surface area (Å²) in [4.78, 5) is 23.6. The average Bonchev–Trinajstić information content (AvgIpc) is 2.92. The van der Waals surface area contributed by atoms with Crippen LogP contribution < -0.4 is 0 Å². The Morgan fingerprint density at radius 3 is 2.69 bits per heavy atom. The van der Waals surface area contributed by atoms with Crippen LogP contribution in [0.5, 0.6) is 0 Å². The van der Waals surface area contributed by atoms with E-state index in [1.54, 1.807) is 0 Å². The monoisotopic (exact) mass is 382 g/mol. The third kappa shape index (κ3) is 2.66. The number of ketones is 1. The summed E-state index contributed by atoms with van der Waals surface area (Å²) < 4.78 is 18.6. The van der Waals surface area contributed by atoms with Crippen molar-refractivity contribution in [1.82, 2.24) is 0 Å². The number of ether oxygens (including phenoxy) is 1. The lowest BCUT2D eigenvalue weighted by Gasteiger charge is -2.57. The third-order valence-corrected chi connectivity index (χ3v) is 8.49. The zero-order chi connectivity index (χ0) is 18.7. The Morgan fingerprint density at radius 1 is 1.19 bits per heavy atom. The molecular formula is C21H28ClFO3. The summed E-state index contributed by atoms with van der Waals surface area (Å²) in [5.74, 6) is 1.05. The van der Waals surface area contributed by atoms with Gasteiger partial charge in [-0.25, -0.2) is 9.18 Å². The lowest BCUT2D eigenvalue weighted by molar-refractivity contribution is -0.162. The molecule has 1 unspecified atom stereocenters. The van der Waals surface area contributed by atoms with Gasteiger partial charge in [0, 0.05) is 11.8 Å². The Labute approximate surface area is 159 Å². The molecule has 3 fully saturated rings. The van der Waals surface area contributed by atoms with Crippen molar-refractivity contribution >= 4 is 23.4 Å². The number of alkyl halides is 2.